The second kappa shape index (κ2) is 5.16. The summed E-state index contributed by atoms with van der Waals surface area (Å²) in [6.45, 7) is 2.03. The van der Waals surface area contributed by atoms with Gasteiger partial charge >= 0.3 is 6.18 Å². The van der Waals surface area contributed by atoms with Crippen molar-refractivity contribution in [3.8, 4) is 0 Å². The minimum absolute atomic E-state index is 0.00364. The number of nitrogens with two attached hydrogens (primary N) is 1. The maximum absolute atomic E-state index is 12.9. The molecule has 1 aliphatic carbocycles. The molecular formula is C15H20F3N. The Bertz CT molecular complexity index is 441. The molecule has 106 valence electrons. The number of halogens is 3. The highest BCUT2D eigenvalue weighted by molar-refractivity contribution is 5.30. The Morgan fingerprint density at radius 3 is 2.74 bits per heavy atom. The maximum atomic E-state index is 12.9. The van der Waals surface area contributed by atoms with Crippen LogP contribution in [0.5, 0.6) is 0 Å². The van der Waals surface area contributed by atoms with Crippen LogP contribution < -0.4 is 5.73 Å². The van der Waals surface area contributed by atoms with Gasteiger partial charge in [-0.05, 0) is 36.8 Å². The van der Waals surface area contributed by atoms with Gasteiger partial charge in [0.1, 0.15) is 0 Å². The lowest BCUT2D eigenvalue weighted by Gasteiger charge is -2.39. The van der Waals surface area contributed by atoms with Crippen molar-refractivity contribution in [1.82, 2.24) is 0 Å². The first-order chi connectivity index (χ1) is 8.85. The van der Waals surface area contributed by atoms with E-state index in [4.69, 9.17) is 5.73 Å². The summed E-state index contributed by atoms with van der Waals surface area (Å²) >= 11 is 0. The molecule has 0 amide bonds. The molecule has 0 saturated heterocycles. The lowest BCUT2D eigenvalue weighted by Crippen LogP contribution is -2.44. The van der Waals surface area contributed by atoms with Gasteiger partial charge in [-0.15, -0.1) is 0 Å². The number of alkyl halides is 3. The molecule has 4 heteroatoms. The molecule has 19 heavy (non-hydrogen) atoms. The highest BCUT2D eigenvalue weighted by Gasteiger charge is 2.46. The molecule has 0 aliphatic heterocycles. The Balaban J connectivity index is 2.26. The quantitative estimate of drug-likeness (QED) is 0.859. The molecule has 1 nitrogen and oxygen atoms in total. The Morgan fingerprint density at radius 2 is 2.11 bits per heavy atom. The van der Waals surface area contributed by atoms with Crippen LogP contribution in [0.3, 0.4) is 0 Å². The zero-order valence-electron chi connectivity index (χ0n) is 11.1. The van der Waals surface area contributed by atoms with Crippen LogP contribution in [0.15, 0.2) is 24.3 Å². The molecule has 0 aromatic heterocycles. The van der Waals surface area contributed by atoms with Crippen molar-refractivity contribution in [3.63, 3.8) is 0 Å². The van der Waals surface area contributed by atoms with Gasteiger partial charge in [0.25, 0.3) is 0 Å². The van der Waals surface area contributed by atoms with Crippen LogP contribution in [0.25, 0.3) is 0 Å². The predicted molar refractivity (Wildman–Crippen MR) is 69.7 cm³/mol. The fraction of sp³-hybridized carbons (Fsp3) is 0.600. The van der Waals surface area contributed by atoms with Crippen molar-refractivity contribution in [2.75, 3.05) is 0 Å². The first kappa shape index (κ1) is 14.4. The molecule has 2 rings (SSSR count). The number of rotatable bonds is 2. The average molecular weight is 271 g/mol. The maximum Gasteiger partial charge on any atom is 0.391 e. The predicted octanol–water partition coefficient (Wildman–Crippen LogP) is 4.16. The lowest BCUT2D eigenvalue weighted by molar-refractivity contribution is -0.187. The van der Waals surface area contributed by atoms with Crippen LogP contribution in [0.4, 0.5) is 13.2 Å². The number of aryl methyl sites for hydroxylation is 1. The molecule has 0 heterocycles. The van der Waals surface area contributed by atoms with Crippen molar-refractivity contribution in [3.05, 3.63) is 35.4 Å². The fourth-order valence-electron chi connectivity index (χ4n) is 2.95. The van der Waals surface area contributed by atoms with Crippen molar-refractivity contribution < 1.29 is 13.2 Å². The molecule has 0 bridgehead atoms. The highest BCUT2D eigenvalue weighted by atomic mass is 19.4. The zero-order chi connectivity index (χ0) is 14.1. The minimum Gasteiger partial charge on any atom is -0.321 e. The summed E-state index contributed by atoms with van der Waals surface area (Å²) in [6, 6.07) is 7.69. The molecule has 0 radical (unpaired) electrons. The second-order valence-corrected chi connectivity index (χ2v) is 5.54. The molecule has 1 saturated carbocycles. The van der Waals surface area contributed by atoms with Gasteiger partial charge in [0.05, 0.1) is 5.92 Å². The summed E-state index contributed by atoms with van der Waals surface area (Å²) in [5.74, 6) is -1.27. The monoisotopic (exact) mass is 271 g/mol. The van der Waals surface area contributed by atoms with Crippen molar-refractivity contribution >= 4 is 0 Å². The fourth-order valence-corrected chi connectivity index (χ4v) is 2.95. The van der Waals surface area contributed by atoms with E-state index in [9.17, 15) is 13.2 Å². The van der Waals surface area contributed by atoms with Crippen LogP contribution in [-0.4, -0.2) is 6.18 Å². The number of hydrogen-bond acceptors (Lipinski definition) is 1. The van der Waals surface area contributed by atoms with E-state index in [2.05, 4.69) is 0 Å². The van der Waals surface area contributed by atoms with E-state index in [1.807, 2.05) is 31.2 Å². The van der Waals surface area contributed by atoms with Crippen molar-refractivity contribution in [2.24, 2.45) is 11.7 Å². The van der Waals surface area contributed by atoms with Gasteiger partial charge < -0.3 is 5.73 Å². The van der Waals surface area contributed by atoms with Gasteiger partial charge in [0.15, 0.2) is 0 Å². The van der Waals surface area contributed by atoms with E-state index in [1.54, 1.807) is 0 Å². The van der Waals surface area contributed by atoms with Crippen molar-refractivity contribution in [1.29, 1.82) is 0 Å². The smallest absolute Gasteiger partial charge is 0.321 e. The molecule has 2 N–H and O–H groups in total. The zero-order valence-corrected chi connectivity index (χ0v) is 11.1. The normalized spacial score (nSPS) is 28.4. The van der Waals surface area contributed by atoms with Gasteiger partial charge in [-0.1, -0.05) is 37.6 Å². The summed E-state index contributed by atoms with van der Waals surface area (Å²) in [5.41, 5.74) is 7.43. The van der Waals surface area contributed by atoms with E-state index < -0.39 is 17.6 Å². The van der Waals surface area contributed by atoms with Crippen LogP contribution in [0.2, 0.25) is 0 Å². The molecule has 2 unspecified atom stereocenters. The van der Waals surface area contributed by atoms with E-state index >= 15 is 0 Å². The Morgan fingerprint density at radius 1 is 1.37 bits per heavy atom. The number of benzene rings is 1. The standard InChI is InChI=1S/C15H20F3N/c1-2-11-5-3-6-12(9-11)14(19)8-4-7-13(10-14)15(16,17)18/h3,5-6,9,13H,2,4,7-8,10,19H2,1H3. The highest BCUT2D eigenvalue weighted by Crippen LogP contribution is 2.44. The van der Waals surface area contributed by atoms with Crippen LogP contribution in [-0.2, 0) is 12.0 Å². The third-order valence-corrected chi connectivity index (χ3v) is 4.16. The third kappa shape index (κ3) is 3.11. The largest absolute Gasteiger partial charge is 0.391 e. The Kier molecular flexibility index (Phi) is 3.90. The first-order valence-electron chi connectivity index (χ1n) is 6.80. The summed E-state index contributed by atoms with van der Waals surface area (Å²) in [5, 5.41) is 0. The van der Waals surface area contributed by atoms with Gasteiger partial charge in [0.2, 0.25) is 0 Å². The Labute approximate surface area is 112 Å². The van der Waals surface area contributed by atoms with Crippen LogP contribution in [0.1, 0.15) is 43.7 Å². The van der Waals surface area contributed by atoms with Gasteiger partial charge in [-0.3, -0.25) is 0 Å². The molecule has 0 spiro atoms. The Hall–Kier alpha value is -1.03. The van der Waals surface area contributed by atoms with Gasteiger partial charge in [0, 0.05) is 5.54 Å². The van der Waals surface area contributed by atoms with E-state index in [1.165, 1.54) is 0 Å². The molecule has 2 atom stereocenters. The van der Waals surface area contributed by atoms with E-state index in [-0.39, 0.29) is 12.8 Å². The van der Waals surface area contributed by atoms with Crippen molar-refractivity contribution in [2.45, 2.75) is 50.7 Å². The molecule has 1 fully saturated rings. The minimum atomic E-state index is -4.13. The molecule has 1 aromatic rings. The summed E-state index contributed by atoms with van der Waals surface area (Å²) in [7, 11) is 0. The average Bonchev–Trinajstić information content (AvgIpc) is 2.38. The summed E-state index contributed by atoms with van der Waals surface area (Å²) in [4.78, 5) is 0. The van der Waals surface area contributed by atoms with E-state index in [0.29, 0.717) is 12.8 Å². The van der Waals surface area contributed by atoms with E-state index in [0.717, 1.165) is 17.5 Å². The van der Waals surface area contributed by atoms with Gasteiger partial charge in [-0.25, -0.2) is 0 Å². The molecule has 1 aliphatic rings. The van der Waals surface area contributed by atoms with Crippen LogP contribution in [0, 0.1) is 5.92 Å². The molecular weight excluding hydrogens is 251 g/mol. The first-order valence-corrected chi connectivity index (χ1v) is 6.80. The SMILES string of the molecule is CCc1cccc(C2(N)CCCC(C(F)(F)F)C2)c1. The molecule has 1 aromatic carbocycles. The lowest BCUT2D eigenvalue weighted by atomic mass is 9.72. The topological polar surface area (TPSA) is 26.0 Å². The van der Waals surface area contributed by atoms with Crippen LogP contribution >= 0.6 is 0 Å². The summed E-state index contributed by atoms with van der Waals surface area (Å²) < 4.78 is 38.7. The second-order valence-electron chi connectivity index (χ2n) is 5.54. The third-order valence-electron chi connectivity index (χ3n) is 4.16. The summed E-state index contributed by atoms with van der Waals surface area (Å²) in [6.07, 6.45) is -1.89. The van der Waals surface area contributed by atoms with Gasteiger partial charge in [-0.2, -0.15) is 13.2 Å². The number of hydrogen-bond donors (Lipinski definition) is 1.